The molecular formula is C18H14N2O2S. The zero-order valence-corrected chi connectivity index (χ0v) is 13.3. The van der Waals surface area contributed by atoms with Crippen LogP contribution in [0.5, 0.6) is 5.75 Å². The summed E-state index contributed by atoms with van der Waals surface area (Å²) in [6, 6.07) is 16.9. The summed E-state index contributed by atoms with van der Waals surface area (Å²) in [5.41, 5.74) is 2.37. The Bertz CT molecular complexity index is 841. The lowest BCUT2D eigenvalue weighted by atomic mass is 10.1. The lowest BCUT2D eigenvalue weighted by Gasteiger charge is -2.03. The summed E-state index contributed by atoms with van der Waals surface area (Å²) in [4.78, 5) is 20.8. The number of nitrogens with zero attached hydrogens (tertiary/aromatic N) is 2. The van der Waals surface area contributed by atoms with Gasteiger partial charge in [0.15, 0.2) is 0 Å². The quantitative estimate of drug-likeness (QED) is 0.516. The lowest BCUT2D eigenvalue weighted by Crippen LogP contribution is -2.02. The zero-order chi connectivity index (χ0) is 16.1. The summed E-state index contributed by atoms with van der Waals surface area (Å²) < 4.78 is 5.18. The predicted octanol–water partition coefficient (Wildman–Crippen LogP) is 4.40. The smallest absolute Gasteiger partial charge is 0.209 e. The predicted molar refractivity (Wildman–Crippen MR) is 93.0 cm³/mol. The van der Waals surface area contributed by atoms with Gasteiger partial charge in [0.2, 0.25) is 10.9 Å². The van der Waals surface area contributed by atoms with E-state index in [2.05, 4.69) is 9.98 Å². The van der Waals surface area contributed by atoms with Crippen LogP contribution in [0.1, 0.15) is 10.4 Å². The standard InChI is InChI=1S/C18H14N2O2S/c1-22-17-10-6-5-9-14(17)16(21)11-19-18-20-15(12-23-18)13-7-3-2-4-8-13/h2-12H,1H3/b19-11+. The fourth-order valence-electron chi connectivity index (χ4n) is 2.10. The van der Waals surface area contributed by atoms with Crippen LogP contribution in [0.3, 0.4) is 0 Å². The van der Waals surface area contributed by atoms with Crippen LogP contribution in [-0.2, 0) is 0 Å². The number of hydrogen-bond acceptors (Lipinski definition) is 5. The second kappa shape index (κ2) is 6.98. The largest absolute Gasteiger partial charge is 0.496 e. The number of benzene rings is 2. The average molecular weight is 322 g/mol. The third-order valence-electron chi connectivity index (χ3n) is 3.23. The van der Waals surface area contributed by atoms with Gasteiger partial charge in [0.1, 0.15) is 5.75 Å². The first-order chi connectivity index (χ1) is 11.3. The van der Waals surface area contributed by atoms with Crippen LogP contribution in [-0.4, -0.2) is 24.1 Å². The summed E-state index contributed by atoms with van der Waals surface area (Å²) in [6.07, 6.45) is 1.28. The van der Waals surface area contributed by atoms with Crippen LogP contribution >= 0.6 is 11.3 Å². The molecule has 3 aromatic rings. The Morgan fingerprint density at radius 1 is 1.13 bits per heavy atom. The van der Waals surface area contributed by atoms with E-state index in [1.165, 1.54) is 24.7 Å². The van der Waals surface area contributed by atoms with Crippen molar-refractivity contribution in [2.75, 3.05) is 7.11 Å². The molecule has 0 unspecified atom stereocenters. The van der Waals surface area contributed by atoms with Crippen LogP contribution < -0.4 is 4.74 Å². The Balaban J connectivity index is 1.78. The van der Waals surface area contributed by atoms with Crippen molar-refractivity contribution in [2.24, 2.45) is 4.99 Å². The average Bonchev–Trinajstić information content (AvgIpc) is 3.09. The van der Waals surface area contributed by atoms with E-state index in [1.54, 1.807) is 18.2 Å². The number of aromatic nitrogens is 1. The van der Waals surface area contributed by atoms with Gasteiger partial charge >= 0.3 is 0 Å². The molecule has 0 amide bonds. The van der Waals surface area contributed by atoms with Crippen molar-refractivity contribution in [3.63, 3.8) is 0 Å². The highest BCUT2D eigenvalue weighted by atomic mass is 32.1. The van der Waals surface area contributed by atoms with Gasteiger partial charge in [0.25, 0.3) is 0 Å². The van der Waals surface area contributed by atoms with Crippen molar-refractivity contribution in [1.29, 1.82) is 0 Å². The maximum atomic E-state index is 12.2. The van der Waals surface area contributed by atoms with E-state index in [0.717, 1.165) is 11.3 Å². The molecular weight excluding hydrogens is 308 g/mol. The molecule has 4 nitrogen and oxygen atoms in total. The second-order valence-corrected chi connectivity index (χ2v) is 5.54. The van der Waals surface area contributed by atoms with E-state index in [-0.39, 0.29) is 5.78 Å². The minimum atomic E-state index is -0.209. The Hall–Kier alpha value is -2.79. The van der Waals surface area contributed by atoms with Crippen molar-refractivity contribution < 1.29 is 9.53 Å². The number of carbonyl (C=O) groups is 1. The number of para-hydroxylation sites is 1. The van der Waals surface area contributed by atoms with Crippen molar-refractivity contribution in [1.82, 2.24) is 4.98 Å². The zero-order valence-electron chi connectivity index (χ0n) is 12.5. The molecule has 1 aromatic heterocycles. The normalized spacial score (nSPS) is 10.8. The Morgan fingerprint density at radius 3 is 2.65 bits per heavy atom. The highest BCUT2D eigenvalue weighted by Gasteiger charge is 2.09. The summed E-state index contributed by atoms with van der Waals surface area (Å²) >= 11 is 1.40. The number of ether oxygens (including phenoxy) is 1. The maximum Gasteiger partial charge on any atom is 0.209 e. The lowest BCUT2D eigenvalue weighted by molar-refractivity contribution is 0.106. The fraction of sp³-hybridized carbons (Fsp3) is 0.0556. The number of methoxy groups -OCH3 is 1. The molecule has 0 spiro atoms. The van der Waals surface area contributed by atoms with Gasteiger partial charge in [-0.05, 0) is 12.1 Å². The van der Waals surface area contributed by atoms with Crippen LogP contribution in [0.15, 0.2) is 65.0 Å². The monoisotopic (exact) mass is 322 g/mol. The van der Waals surface area contributed by atoms with E-state index in [9.17, 15) is 4.79 Å². The Kier molecular flexibility index (Phi) is 4.59. The molecule has 5 heteroatoms. The highest BCUT2D eigenvalue weighted by molar-refractivity contribution is 7.13. The molecule has 0 fully saturated rings. The van der Waals surface area contributed by atoms with Gasteiger partial charge in [-0.25, -0.2) is 9.98 Å². The van der Waals surface area contributed by atoms with Gasteiger partial charge in [-0.1, -0.05) is 42.5 Å². The summed E-state index contributed by atoms with van der Waals surface area (Å²) in [7, 11) is 1.54. The highest BCUT2D eigenvalue weighted by Crippen LogP contribution is 2.26. The topological polar surface area (TPSA) is 51.5 Å². The van der Waals surface area contributed by atoms with E-state index in [0.29, 0.717) is 16.4 Å². The molecule has 0 saturated carbocycles. The number of Topliss-reactive ketones (excluding diaryl/α,β-unsaturated/α-hetero) is 1. The number of aliphatic imine (C=N–C) groups is 1. The van der Waals surface area contributed by atoms with Crippen molar-refractivity contribution in [2.45, 2.75) is 0 Å². The summed E-state index contributed by atoms with van der Waals surface area (Å²) in [6.45, 7) is 0. The number of ketones is 1. The first kappa shape index (κ1) is 15.1. The molecule has 23 heavy (non-hydrogen) atoms. The number of thiazole rings is 1. The molecule has 0 aliphatic heterocycles. The van der Waals surface area contributed by atoms with E-state index >= 15 is 0 Å². The molecule has 0 aliphatic carbocycles. The molecule has 2 aromatic carbocycles. The van der Waals surface area contributed by atoms with Crippen LogP contribution in [0.4, 0.5) is 5.13 Å². The first-order valence-electron chi connectivity index (χ1n) is 7.00. The Labute approximate surface area is 138 Å². The summed E-state index contributed by atoms with van der Waals surface area (Å²) in [5, 5.41) is 2.47. The van der Waals surface area contributed by atoms with Gasteiger partial charge in [-0.3, -0.25) is 4.79 Å². The SMILES string of the molecule is COc1ccccc1C(=O)/C=N/c1nc(-c2ccccc2)cs1. The minimum Gasteiger partial charge on any atom is -0.496 e. The van der Waals surface area contributed by atoms with Crippen LogP contribution in [0.2, 0.25) is 0 Å². The molecule has 0 aliphatic rings. The van der Waals surface area contributed by atoms with Gasteiger partial charge in [-0.15, -0.1) is 11.3 Å². The van der Waals surface area contributed by atoms with Gasteiger partial charge in [0.05, 0.1) is 24.6 Å². The van der Waals surface area contributed by atoms with Crippen molar-refractivity contribution in [3.05, 3.63) is 65.5 Å². The first-order valence-corrected chi connectivity index (χ1v) is 7.88. The van der Waals surface area contributed by atoms with Crippen LogP contribution in [0.25, 0.3) is 11.3 Å². The molecule has 1 heterocycles. The third-order valence-corrected chi connectivity index (χ3v) is 3.97. The number of rotatable bonds is 5. The van der Waals surface area contributed by atoms with E-state index < -0.39 is 0 Å². The molecule has 3 rings (SSSR count). The van der Waals surface area contributed by atoms with Crippen LogP contribution in [0, 0.1) is 0 Å². The van der Waals surface area contributed by atoms with Crippen molar-refractivity contribution in [3.8, 4) is 17.0 Å². The minimum absolute atomic E-state index is 0.209. The van der Waals surface area contributed by atoms with Gasteiger partial charge < -0.3 is 4.74 Å². The number of hydrogen-bond donors (Lipinski definition) is 0. The molecule has 0 saturated heterocycles. The maximum absolute atomic E-state index is 12.2. The second-order valence-electron chi connectivity index (χ2n) is 4.70. The fourth-order valence-corrected chi connectivity index (χ4v) is 2.77. The molecule has 0 bridgehead atoms. The molecule has 0 atom stereocenters. The molecule has 0 radical (unpaired) electrons. The number of carbonyl (C=O) groups excluding carboxylic acids is 1. The van der Waals surface area contributed by atoms with Gasteiger partial charge in [0, 0.05) is 10.9 Å². The molecule has 0 N–H and O–H groups in total. The van der Waals surface area contributed by atoms with E-state index in [1.807, 2.05) is 41.8 Å². The third kappa shape index (κ3) is 3.52. The molecule has 114 valence electrons. The van der Waals surface area contributed by atoms with Crippen molar-refractivity contribution >= 4 is 28.5 Å². The Morgan fingerprint density at radius 2 is 1.87 bits per heavy atom. The summed E-state index contributed by atoms with van der Waals surface area (Å²) in [5.74, 6) is 0.326. The van der Waals surface area contributed by atoms with E-state index in [4.69, 9.17) is 4.74 Å². The van der Waals surface area contributed by atoms with Gasteiger partial charge in [-0.2, -0.15) is 0 Å².